The number of aliphatic hydroxyl groups excluding tert-OH is 1. The molecule has 1 aliphatic heterocycles. The number of hydrogen-bond acceptors (Lipinski definition) is 6. The van der Waals surface area contributed by atoms with Gasteiger partial charge in [-0.05, 0) is 42.2 Å². The van der Waals surface area contributed by atoms with Gasteiger partial charge in [0.1, 0.15) is 17.9 Å². The van der Waals surface area contributed by atoms with E-state index in [-0.39, 0.29) is 5.75 Å². The Kier molecular flexibility index (Phi) is 5.41. The van der Waals surface area contributed by atoms with E-state index in [9.17, 15) is 10.2 Å². The number of rotatable bonds is 5. The number of benzene rings is 2. The van der Waals surface area contributed by atoms with Gasteiger partial charge in [-0.25, -0.2) is 9.97 Å². The van der Waals surface area contributed by atoms with Crippen molar-refractivity contribution >= 4 is 16.7 Å². The summed E-state index contributed by atoms with van der Waals surface area (Å²) in [7, 11) is 1.91. The van der Waals surface area contributed by atoms with Gasteiger partial charge in [-0.3, -0.25) is 0 Å². The maximum Gasteiger partial charge on any atom is 0.139 e. The molecule has 0 bridgehead atoms. The van der Waals surface area contributed by atoms with Gasteiger partial charge in [0.15, 0.2) is 0 Å². The minimum atomic E-state index is -0.492. The van der Waals surface area contributed by atoms with Crippen molar-refractivity contribution in [1.82, 2.24) is 14.9 Å². The molecule has 0 aliphatic carbocycles. The van der Waals surface area contributed by atoms with E-state index >= 15 is 0 Å². The summed E-state index contributed by atoms with van der Waals surface area (Å²) in [5, 5.41) is 21.3. The van der Waals surface area contributed by atoms with Crippen LogP contribution >= 0.6 is 0 Å². The topological polar surface area (TPSA) is 72.7 Å². The molecule has 0 fully saturated rings. The molecule has 0 radical (unpaired) electrons. The Balaban J connectivity index is 1.40. The number of phenolic OH excluding ortho intramolecular Hbond substituents is 1. The number of aromatic hydroxyl groups is 1. The van der Waals surface area contributed by atoms with Gasteiger partial charge in [0.2, 0.25) is 0 Å². The van der Waals surface area contributed by atoms with E-state index in [4.69, 9.17) is 0 Å². The van der Waals surface area contributed by atoms with E-state index in [1.165, 1.54) is 17.5 Å². The molecule has 0 spiro atoms. The SMILES string of the molecule is CN(CC(O)CN1CCc2ccccc2CC1)c1ncnc2ccc(O)cc12. The molecule has 1 atom stereocenters. The molecule has 28 heavy (non-hydrogen) atoms. The minimum absolute atomic E-state index is 0.182. The van der Waals surface area contributed by atoms with Crippen LogP contribution in [-0.4, -0.2) is 64.4 Å². The smallest absolute Gasteiger partial charge is 0.139 e. The first-order chi connectivity index (χ1) is 13.6. The molecule has 0 saturated heterocycles. The summed E-state index contributed by atoms with van der Waals surface area (Å²) < 4.78 is 0. The van der Waals surface area contributed by atoms with Crippen molar-refractivity contribution in [3.63, 3.8) is 0 Å². The van der Waals surface area contributed by atoms with Crippen LogP contribution in [0.5, 0.6) is 5.75 Å². The molecular weight excluding hydrogens is 352 g/mol. The van der Waals surface area contributed by atoms with Crippen molar-refractivity contribution in [1.29, 1.82) is 0 Å². The van der Waals surface area contributed by atoms with E-state index in [1.807, 2.05) is 11.9 Å². The lowest BCUT2D eigenvalue weighted by molar-refractivity contribution is 0.120. The van der Waals surface area contributed by atoms with Gasteiger partial charge >= 0.3 is 0 Å². The van der Waals surface area contributed by atoms with Crippen molar-refractivity contribution in [2.24, 2.45) is 0 Å². The van der Waals surface area contributed by atoms with Crippen LogP contribution in [-0.2, 0) is 12.8 Å². The Hall–Kier alpha value is -2.70. The van der Waals surface area contributed by atoms with Gasteiger partial charge in [-0.15, -0.1) is 0 Å². The normalized spacial score (nSPS) is 15.8. The molecule has 1 unspecified atom stereocenters. The Morgan fingerprint density at radius 1 is 1.07 bits per heavy atom. The Labute approximate surface area is 165 Å². The van der Waals surface area contributed by atoms with Gasteiger partial charge in [0.25, 0.3) is 0 Å². The Bertz CT molecular complexity index is 935. The van der Waals surface area contributed by atoms with Gasteiger partial charge in [-0.1, -0.05) is 24.3 Å². The van der Waals surface area contributed by atoms with Crippen LogP contribution in [0.4, 0.5) is 5.82 Å². The number of aliphatic hydroxyl groups is 1. The van der Waals surface area contributed by atoms with Crippen molar-refractivity contribution in [2.75, 3.05) is 38.1 Å². The zero-order chi connectivity index (χ0) is 19.5. The number of anilines is 1. The molecule has 2 aromatic carbocycles. The van der Waals surface area contributed by atoms with E-state index in [0.717, 1.165) is 36.8 Å². The number of hydrogen-bond donors (Lipinski definition) is 2. The second-order valence-electron chi connectivity index (χ2n) is 7.50. The molecule has 6 heteroatoms. The second-order valence-corrected chi connectivity index (χ2v) is 7.50. The number of aromatic nitrogens is 2. The highest BCUT2D eigenvalue weighted by Crippen LogP contribution is 2.25. The fourth-order valence-corrected chi connectivity index (χ4v) is 3.99. The highest BCUT2D eigenvalue weighted by Gasteiger charge is 2.19. The van der Waals surface area contributed by atoms with Crippen molar-refractivity contribution in [3.8, 4) is 5.75 Å². The maximum absolute atomic E-state index is 10.7. The third-order valence-corrected chi connectivity index (χ3v) is 5.43. The van der Waals surface area contributed by atoms with Gasteiger partial charge in [0, 0.05) is 38.6 Å². The fraction of sp³-hybridized carbons (Fsp3) is 0.364. The zero-order valence-corrected chi connectivity index (χ0v) is 16.1. The van der Waals surface area contributed by atoms with Crippen molar-refractivity contribution in [3.05, 3.63) is 59.9 Å². The van der Waals surface area contributed by atoms with Crippen LogP contribution in [0.2, 0.25) is 0 Å². The van der Waals surface area contributed by atoms with Crippen molar-refractivity contribution in [2.45, 2.75) is 18.9 Å². The van der Waals surface area contributed by atoms with E-state index in [0.29, 0.717) is 18.9 Å². The molecule has 2 N–H and O–H groups in total. The predicted molar refractivity (Wildman–Crippen MR) is 111 cm³/mol. The number of β-amino-alcohol motifs (C(OH)–C–C–N with tert-alkyl or cyclic N) is 1. The quantitative estimate of drug-likeness (QED) is 0.709. The number of fused-ring (bicyclic) bond motifs is 2. The standard InChI is InChI=1S/C22H26N4O2/c1-25(22-20-12-18(27)6-7-21(20)23-15-24-22)13-19(28)14-26-10-8-16-4-2-3-5-17(16)9-11-26/h2-7,12,15,19,27-28H,8-11,13-14H2,1H3. The van der Waals surface area contributed by atoms with Crippen LogP contribution in [0.3, 0.4) is 0 Å². The minimum Gasteiger partial charge on any atom is -0.508 e. The summed E-state index contributed by atoms with van der Waals surface area (Å²) >= 11 is 0. The van der Waals surface area contributed by atoms with Crippen LogP contribution in [0, 0.1) is 0 Å². The van der Waals surface area contributed by atoms with Gasteiger partial charge in [0.05, 0.1) is 11.6 Å². The highest BCUT2D eigenvalue weighted by atomic mass is 16.3. The Morgan fingerprint density at radius 2 is 1.79 bits per heavy atom. The molecule has 2 heterocycles. The number of likely N-dealkylation sites (N-methyl/N-ethyl adjacent to an activating group) is 1. The lowest BCUT2D eigenvalue weighted by Gasteiger charge is -2.27. The third-order valence-electron chi connectivity index (χ3n) is 5.43. The molecule has 6 nitrogen and oxygen atoms in total. The molecule has 0 saturated carbocycles. The van der Waals surface area contributed by atoms with E-state index in [1.54, 1.807) is 18.2 Å². The first kappa shape index (κ1) is 18.7. The zero-order valence-electron chi connectivity index (χ0n) is 16.1. The highest BCUT2D eigenvalue weighted by molar-refractivity contribution is 5.90. The molecule has 4 rings (SSSR count). The molecule has 1 aliphatic rings. The summed E-state index contributed by atoms with van der Waals surface area (Å²) in [6.45, 7) is 3.02. The lowest BCUT2D eigenvalue weighted by Crippen LogP contribution is -2.40. The van der Waals surface area contributed by atoms with Gasteiger partial charge < -0.3 is 20.0 Å². The van der Waals surface area contributed by atoms with Gasteiger partial charge in [-0.2, -0.15) is 0 Å². The molecule has 146 valence electrons. The summed E-state index contributed by atoms with van der Waals surface area (Å²) in [4.78, 5) is 12.9. The summed E-state index contributed by atoms with van der Waals surface area (Å²) in [6.07, 6.45) is 3.07. The molecule has 0 amide bonds. The average molecular weight is 378 g/mol. The summed E-state index contributed by atoms with van der Waals surface area (Å²) in [6, 6.07) is 13.7. The molecule has 1 aromatic heterocycles. The largest absolute Gasteiger partial charge is 0.508 e. The first-order valence-corrected chi connectivity index (χ1v) is 9.72. The third kappa shape index (κ3) is 4.08. The average Bonchev–Trinajstić information content (AvgIpc) is 2.90. The molecular formula is C22H26N4O2. The van der Waals surface area contributed by atoms with Crippen LogP contribution in [0.15, 0.2) is 48.8 Å². The lowest BCUT2D eigenvalue weighted by atomic mass is 10.0. The van der Waals surface area contributed by atoms with Crippen LogP contribution in [0.25, 0.3) is 10.9 Å². The summed E-state index contributed by atoms with van der Waals surface area (Å²) in [5.74, 6) is 0.893. The van der Waals surface area contributed by atoms with Crippen molar-refractivity contribution < 1.29 is 10.2 Å². The van der Waals surface area contributed by atoms with Crippen LogP contribution < -0.4 is 4.90 Å². The fourth-order valence-electron chi connectivity index (χ4n) is 3.99. The predicted octanol–water partition coefficient (Wildman–Crippen LogP) is 2.23. The number of nitrogens with zero attached hydrogens (tertiary/aromatic N) is 4. The Morgan fingerprint density at radius 3 is 2.50 bits per heavy atom. The van der Waals surface area contributed by atoms with E-state index < -0.39 is 6.10 Å². The first-order valence-electron chi connectivity index (χ1n) is 9.72. The number of phenols is 1. The van der Waals surface area contributed by atoms with Crippen LogP contribution in [0.1, 0.15) is 11.1 Å². The second kappa shape index (κ2) is 8.12. The molecule has 3 aromatic rings. The monoisotopic (exact) mass is 378 g/mol. The summed E-state index contributed by atoms with van der Waals surface area (Å²) in [5.41, 5.74) is 3.61. The maximum atomic E-state index is 10.7. The van der Waals surface area contributed by atoms with E-state index in [2.05, 4.69) is 39.1 Å².